The lowest BCUT2D eigenvalue weighted by molar-refractivity contribution is -0.141. The highest BCUT2D eigenvalue weighted by atomic mass is 35.5. The van der Waals surface area contributed by atoms with Crippen LogP contribution in [0.2, 0.25) is 10.0 Å². The number of rotatable bonds is 14. The Morgan fingerprint density at radius 3 is 2.36 bits per heavy atom. The van der Waals surface area contributed by atoms with Gasteiger partial charge in [0.05, 0.1) is 11.9 Å². The molecule has 2 amide bonds. The number of carbonyl (C=O) groups is 2. The summed E-state index contributed by atoms with van der Waals surface area (Å²) in [5.74, 6) is -0.449. The molecular weight excluding hydrogens is 521 g/mol. The molecule has 0 bridgehead atoms. The SMILES string of the molecule is CCCCNC(=O)[C@H](CC)N(Cc1ccccc1Cl)C(=O)CCCN(c1cccc(Cl)c1)S(C)(=O)=O. The number of nitrogens with zero attached hydrogens (tertiary/aromatic N) is 2. The summed E-state index contributed by atoms with van der Waals surface area (Å²) in [5.41, 5.74) is 1.18. The van der Waals surface area contributed by atoms with Crippen molar-refractivity contribution in [2.75, 3.05) is 23.7 Å². The number of hydrogen-bond acceptors (Lipinski definition) is 4. The summed E-state index contributed by atoms with van der Waals surface area (Å²) >= 11 is 12.4. The molecule has 2 aromatic carbocycles. The van der Waals surface area contributed by atoms with Crippen molar-refractivity contribution in [1.29, 1.82) is 0 Å². The number of hydrogen-bond donors (Lipinski definition) is 1. The molecule has 0 saturated carbocycles. The lowest BCUT2D eigenvalue weighted by Gasteiger charge is -2.31. The van der Waals surface area contributed by atoms with Crippen LogP contribution in [0.1, 0.15) is 51.5 Å². The van der Waals surface area contributed by atoms with Crippen molar-refractivity contribution in [3.8, 4) is 0 Å². The Hall–Kier alpha value is -2.29. The summed E-state index contributed by atoms with van der Waals surface area (Å²) in [6.45, 7) is 4.73. The summed E-state index contributed by atoms with van der Waals surface area (Å²) in [6.07, 6.45) is 3.69. The fourth-order valence-corrected chi connectivity index (χ4v) is 5.21. The number of unbranched alkanes of at least 4 members (excludes halogenated alkanes) is 1. The van der Waals surface area contributed by atoms with Crippen molar-refractivity contribution >= 4 is 50.7 Å². The molecule has 0 aliphatic heterocycles. The summed E-state index contributed by atoms with van der Waals surface area (Å²) in [6, 6.07) is 13.1. The van der Waals surface area contributed by atoms with Gasteiger partial charge < -0.3 is 10.2 Å². The fraction of sp³-hybridized carbons (Fsp3) is 0.462. The van der Waals surface area contributed by atoms with Gasteiger partial charge in [-0.25, -0.2) is 8.42 Å². The molecule has 1 N–H and O–H groups in total. The van der Waals surface area contributed by atoms with E-state index < -0.39 is 16.1 Å². The molecule has 7 nitrogen and oxygen atoms in total. The molecule has 0 radical (unpaired) electrons. The summed E-state index contributed by atoms with van der Waals surface area (Å²) in [4.78, 5) is 27.9. The first-order valence-electron chi connectivity index (χ1n) is 12.1. The predicted molar refractivity (Wildman–Crippen MR) is 147 cm³/mol. The average molecular weight is 557 g/mol. The second kappa shape index (κ2) is 14.4. The van der Waals surface area contributed by atoms with Crippen LogP contribution in [0.3, 0.4) is 0 Å². The summed E-state index contributed by atoms with van der Waals surface area (Å²) in [5, 5.41) is 3.86. The lowest BCUT2D eigenvalue weighted by Crippen LogP contribution is -2.49. The lowest BCUT2D eigenvalue weighted by atomic mass is 10.1. The van der Waals surface area contributed by atoms with E-state index in [1.165, 1.54) is 4.31 Å². The van der Waals surface area contributed by atoms with Crippen LogP contribution >= 0.6 is 23.2 Å². The van der Waals surface area contributed by atoms with E-state index in [1.807, 2.05) is 32.0 Å². The Labute approximate surface area is 224 Å². The van der Waals surface area contributed by atoms with Crippen LogP contribution in [0.15, 0.2) is 48.5 Å². The maximum Gasteiger partial charge on any atom is 0.242 e. The van der Waals surface area contributed by atoms with Crippen molar-refractivity contribution in [3.63, 3.8) is 0 Å². The summed E-state index contributed by atoms with van der Waals surface area (Å²) in [7, 11) is -3.59. The monoisotopic (exact) mass is 555 g/mol. The quantitative estimate of drug-likeness (QED) is 0.322. The number of halogens is 2. The van der Waals surface area contributed by atoms with E-state index in [0.29, 0.717) is 28.7 Å². The molecule has 0 aromatic heterocycles. The predicted octanol–water partition coefficient (Wildman–Crippen LogP) is 5.26. The molecule has 2 rings (SSSR count). The van der Waals surface area contributed by atoms with Gasteiger partial charge in [-0.1, -0.05) is 67.7 Å². The van der Waals surface area contributed by atoms with Crippen molar-refractivity contribution in [1.82, 2.24) is 10.2 Å². The highest BCUT2D eigenvalue weighted by Crippen LogP contribution is 2.24. The van der Waals surface area contributed by atoms with Gasteiger partial charge in [-0.15, -0.1) is 0 Å². The highest BCUT2D eigenvalue weighted by molar-refractivity contribution is 7.92. The molecule has 0 aliphatic rings. The van der Waals surface area contributed by atoms with Crippen LogP contribution in [0.25, 0.3) is 0 Å². The molecule has 0 heterocycles. The van der Waals surface area contributed by atoms with Crippen LogP contribution in [-0.4, -0.2) is 50.5 Å². The maximum atomic E-state index is 13.4. The number of sulfonamides is 1. The number of anilines is 1. The minimum absolute atomic E-state index is 0.0653. The van der Waals surface area contributed by atoms with Gasteiger partial charge in [-0.2, -0.15) is 0 Å². The molecule has 36 heavy (non-hydrogen) atoms. The third kappa shape index (κ3) is 8.98. The van der Waals surface area contributed by atoms with Crippen molar-refractivity contribution < 1.29 is 18.0 Å². The van der Waals surface area contributed by atoms with Crippen LogP contribution in [0.4, 0.5) is 5.69 Å². The van der Waals surface area contributed by atoms with Gasteiger partial charge in [0.25, 0.3) is 0 Å². The Bertz CT molecular complexity index is 1130. The zero-order chi connectivity index (χ0) is 26.7. The second-order valence-corrected chi connectivity index (χ2v) is 11.4. The Morgan fingerprint density at radius 2 is 1.75 bits per heavy atom. The van der Waals surface area contributed by atoms with Gasteiger partial charge in [0.2, 0.25) is 21.8 Å². The van der Waals surface area contributed by atoms with Gasteiger partial charge >= 0.3 is 0 Å². The minimum Gasteiger partial charge on any atom is -0.354 e. The van der Waals surface area contributed by atoms with E-state index in [2.05, 4.69) is 5.32 Å². The molecule has 0 fully saturated rings. The third-order valence-corrected chi connectivity index (χ3v) is 7.56. The number of amides is 2. The van der Waals surface area contributed by atoms with Crippen LogP contribution < -0.4 is 9.62 Å². The highest BCUT2D eigenvalue weighted by Gasteiger charge is 2.29. The van der Waals surface area contributed by atoms with Gasteiger partial charge in [0.15, 0.2) is 0 Å². The molecular formula is C26H35Cl2N3O4S. The third-order valence-electron chi connectivity index (χ3n) is 5.76. The molecule has 0 spiro atoms. The normalized spacial score (nSPS) is 12.1. The molecule has 2 aromatic rings. The smallest absolute Gasteiger partial charge is 0.242 e. The van der Waals surface area contributed by atoms with Gasteiger partial charge in [0.1, 0.15) is 6.04 Å². The fourth-order valence-electron chi connectivity index (χ4n) is 3.87. The Balaban J connectivity index is 2.21. The zero-order valence-corrected chi connectivity index (χ0v) is 23.4. The van der Waals surface area contributed by atoms with Gasteiger partial charge in [-0.05, 0) is 49.1 Å². The molecule has 10 heteroatoms. The van der Waals surface area contributed by atoms with E-state index in [4.69, 9.17) is 23.2 Å². The molecule has 198 valence electrons. The van der Waals surface area contributed by atoms with E-state index in [1.54, 1.807) is 35.2 Å². The average Bonchev–Trinajstić information content (AvgIpc) is 2.82. The number of carbonyl (C=O) groups excluding carboxylic acids is 2. The topological polar surface area (TPSA) is 86.8 Å². The first-order chi connectivity index (χ1) is 17.1. The van der Waals surface area contributed by atoms with E-state index in [9.17, 15) is 18.0 Å². The Morgan fingerprint density at radius 1 is 1.03 bits per heavy atom. The van der Waals surface area contributed by atoms with Gasteiger partial charge in [0, 0.05) is 36.1 Å². The first-order valence-corrected chi connectivity index (χ1v) is 14.7. The Kier molecular flexibility index (Phi) is 12.0. The summed E-state index contributed by atoms with van der Waals surface area (Å²) < 4.78 is 26.1. The molecule has 1 atom stereocenters. The van der Waals surface area contributed by atoms with E-state index in [0.717, 1.165) is 24.7 Å². The first kappa shape index (κ1) is 29.9. The van der Waals surface area contributed by atoms with Crippen LogP contribution in [-0.2, 0) is 26.2 Å². The van der Waals surface area contributed by atoms with E-state index >= 15 is 0 Å². The second-order valence-electron chi connectivity index (χ2n) is 8.60. The standard InChI is InChI=1S/C26H35Cl2N3O4S/c1-4-6-16-29-26(33)24(5-2)30(19-20-11-7-8-14-23(20)28)25(32)15-10-17-31(36(3,34)35)22-13-9-12-21(27)18-22/h7-9,11-14,18,24H,4-6,10,15-17,19H2,1-3H3,(H,29,33)/t24-/m0/s1. The van der Waals surface area contributed by atoms with Crippen LogP contribution in [0, 0.1) is 0 Å². The molecule has 0 aliphatic carbocycles. The van der Waals surface area contributed by atoms with Crippen LogP contribution in [0.5, 0.6) is 0 Å². The number of nitrogens with one attached hydrogen (secondary N) is 1. The minimum atomic E-state index is -3.59. The van der Waals surface area contributed by atoms with Crippen molar-refractivity contribution in [2.45, 2.75) is 58.5 Å². The van der Waals surface area contributed by atoms with E-state index in [-0.39, 0.29) is 37.7 Å². The molecule has 0 unspecified atom stereocenters. The van der Waals surface area contributed by atoms with Crippen molar-refractivity contribution in [2.24, 2.45) is 0 Å². The van der Waals surface area contributed by atoms with Gasteiger partial charge in [-0.3, -0.25) is 13.9 Å². The largest absolute Gasteiger partial charge is 0.354 e. The maximum absolute atomic E-state index is 13.4. The number of benzene rings is 2. The van der Waals surface area contributed by atoms with Crippen molar-refractivity contribution in [3.05, 3.63) is 64.1 Å². The molecule has 0 saturated heterocycles. The zero-order valence-electron chi connectivity index (χ0n) is 21.0.